The van der Waals surface area contributed by atoms with Crippen molar-refractivity contribution < 1.29 is 9.69 Å². The largest absolute Gasteiger partial charge is 0.335 e. The van der Waals surface area contributed by atoms with Gasteiger partial charge in [0.2, 0.25) is 0 Å². The van der Waals surface area contributed by atoms with Gasteiger partial charge in [-0.25, -0.2) is 4.79 Å². The van der Waals surface area contributed by atoms with Gasteiger partial charge in [0, 0.05) is 23.9 Å². The van der Waals surface area contributed by atoms with Crippen molar-refractivity contribution in [3.63, 3.8) is 0 Å². The molecule has 3 N–H and O–H groups in total. The van der Waals surface area contributed by atoms with E-state index in [0.717, 1.165) is 32.5 Å². The molecule has 0 atom stereocenters. The Morgan fingerprint density at radius 2 is 2.05 bits per heavy atom. The predicted molar refractivity (Wildman–Crippen MR) is 82.9 cm³/mol. The Morgan fingerprint density at radius 3 is 2.70 bits per heavy atom. The molecule has 0 aliphatic carbocycles. The number of amides is 2. The number of nitrogens with one attached hydrogen (secondary N) is 3. The molecule has 1 aromatic rings. The summed E-state index contributed by atoms with van der Waals surface area (Å²) in [7, 11) is 0. The molecular formula is C14H20Cl2N3O+. The minimum Gasteiger partial charge on any atom is -0.335 e. The maximum Gasteiger partial charge on any atom is 0.319 e. The molecule has 2 rings (SSSR count). The Hall–Kier alpha value is -0.970. The molecular weight excluding hydrogens is 297 g/mol. The van der Waals surface area contributed by atoms with Crippen LogP contribution in [-0.4, -0.2) is 31.7 Å². The molecule has 4 nitrogen and oxygen atoms in total. The number of carbonyl (C=O) groups excluding carboxylic acids is 1. The third-order valence-electron chi connectivity index (χ3n) is 3.70. The quantitative estimate of drug-likeness (QED) is 0.786. The lowest BCUT2D eigenvalue weighted by molar-refractivity contribution is -0.903. The summed E-state index contributed by atoms with van der Waals surface area (Å²) >= 11 is 11.9. The van der Waals surface area contributed by atoms with Crippen molar-refractivity contribution in [2.45, 2.75) is 25.8 Å². The fraction of sp³-hybridized carbons (Fsp3) is 0.500. The molecule has 0 aromatic heterocycles. The molecule has 2 amide bonds. The van der Waals surface area contributed by atoms with Gasteiger partial charge in [-0.1, -0.05) is 23.2 Å². The van der Waals surface area contributed by atoms with Crippen molar-refractivity contribution in [2.75, 3.05) is 25.0 Å². The van der Waals surface area contributed by atoms with E-state index in [-0.39, 0.29) is 12.1 Å². The summed E-state index contributed by atoms with van der Waals surface area (Å²) in [6.45, 7) is 5.56. The molecule has 1 fully saturated rings. The smallest absolute Gasteiger partial charge is 0.319 e. The van der Waals surface area contributed by atoms with E-state index in [4.69, 9.17) is 23.2 Å². The first-order chi connectivity index (χ1) is 9.58. The van der Waals surface area contributed by atoms with Crippen LogP contribution < -0.4 is 15.5 Å². The highest BCUT2D eigenvalue weighted by molar-refractivity contribution is 6.35. The normalized spacial score (nSPS) is 22.4. The van der Waals surface area contributed by atoms with Crippen molar-refractivity contribution in [3.05, 3.63) is 28.2 Å². The average Bonchev–Trinajstić information content (AvgIpc) is 2.43. The van der Waals surface area contributed by atoms with Crippen molar-refractivity contribution >= 4 is 34.9 Å². The van der Waals surface area contributed by atoms with Crippen molar-refractivity contribution in [3.8, 4) is 0 Å². The molecule has 0 saturated carbocycles. The van der Waals surface area contributed by atoms with Crippen molar-refractivity contribution in [2.24, 2.45) is 0 Å². The first-order valence-electron chi connectivity index (χ1n) is 6.94. The second kappa shape index (κ2) is 7.16. The number of hydrogen-bond donors (Lipinski definition) is 3. The summed E-state index contributed by atoms with van der Waals surface area (Å²) in [5.41, 5.74) is 0.535. The SMILES string of the molecule is CC[NH+]1CCC(NC(=O)Nc2cc(Cl)ccc2Cl)CC1. The number of halogens is 2. The van der Waals surface area contributed by atoms with Crippen LogP contribution in [0.5, 0.6) is 0 Å². The van der Waals surface area contributed by atoms with Gasteiger partial charge < -0.3 is 15.5 Å². The van der Waals surface area contributed by atoms with Crippen LogP contribution in [-0.2, 0) is 0 Å². The minimum atomic E-state index is -0.223. The summed E-state index contributed by atoms with van der Waals surface area (Å²) in [6.07, 6.45) is 2.03. The third-order valence-corrected chi connectivity index (χ3v) is 4.27. The molecule has 1 heterocycles. The number of hydrogen-bond acceptors (Lipinski definition) is 1. The van der Waals surface area contributed by atoms with E-state index in [0.29, 0.717) is 15.7 Å². The van der Waals surface area contributed by atoms with Crippen LogP contribution in [0.2, 0.25) is 10.0 Å². The first kappa shape index (κ1) is 15.4. The molecule has 1 aliphatic heterocycles. The van der Waals surface area contributed by atoms with Crippen molar-refractivity contribution in [1.82, 2.24) is 5.32 Å². The zero-order chi connectivity index (χ0) is 14.5. The lowest BCUT2D eigenvalue weighted by Crippen LogP contribution is -3.13. The number of likely N-dealkylation sites (tertiary alicyclic amines) is 1. The summed E-state index contributed by atoms with van der Waals surface area (Å²) in [6, 6.07) is 5.02. The van der Waals surface area contributed by atoms with E-state index >= 15 is 0 Å². The highest BCUT2D eigenvalue weighted by Crippen LogP contribution is 2.25. The number of benzene rings is 1. The molecule has 0 radical (unpaired) electrons. The highest BCUT2D eigenvalue weighted by atomic mass is 35.5. The fourth-order valence-corrected chi connectivity index (χ4v) is 2.80. The van der Waals surface area contributed by atoms with E-state index in [9.17, 15) is 4.79 Å². The van der Waals surface area contributed by atoms with Crippen molar-refractivity contribution in [1.29, 1.82) is 0 Å². The van der Waals surface area contributed by atoms with Crippen LogP contribution >= 0.6 is 23.2 Å². The standard InChI is InChI=1S/C14H19Cl2N3O/c1-2-19-7-5-11(6-8-19)17-14(20)18-13-9-10(15)3-4-12(13)16/h3-4,9,11H,2,5-8H2,1H3,(H2,17,18,20)/p+1. The first-order valence-corrected chi connectivity index (χ1v) is 7.70. The van der Waals surface area contributed by atoms with Crippen LogP contribution in [0.3, 0.4) is 0 Å². The lowest BCUT2D eigenvalue weighted by Gasteiger charge is -2.29. The Labute approximate surface area is 129 Å². The van der Waals surface area contributed by atoms with Gasteiger partial charge in [-0.15, -0.1) is 0 Å². The monoisotopic (exact) mass is 316 g/mol. The van der Waals surface area contributed by atoms with Gasteiger partial charge in [-0.05, 0) is 25.1 Å². The molecule has 1 saturated heterocycles. The van der Waals surface area contributed by atoms with Crippen LogP contribution in [0.25, 0.3) is 0 Å². The molecule has 0 spiro atoms. The van der Waals surface area contributed by atoms with Gasteiger partial charge in [-0.3, -0.25) is 0 Å². The fourth-order valence-electron chi connectivity index (χ4n) is 2.46. The lowest BCUT2D eigenvalue weighted by atomic mass is 10.1. The van der Waals surface area contributed by atoms with E-state index < -0.39 is 0 Å². The van der Waals surface area contributed by atoms with Gasteiger partial charge in [0.25, 0.3) is 0 Å². The number of quaternary nitrogens is 1. The Kier molecular flexibility index (Phi) is 5.52. The van der Waals surface area contributed by atoms with Gasteiger partial charge in [-0.2, -0.15) is 0 Å². The number of carbonyl (C=O) groups is 1. The number of urea groups is 1. The Balaban J connectivity index is 1.85. The zero-order valence-electron chi connectivity index (χ0n) is 11.5. The molecule has 6 heteroatoms. The van der Waals surface area contributed by atoms with Gasteiger partial charge >= 0.3 is 6.03 Å². The number of anilines is 1. The van der Waals surface area contributed by atoms with E-state index in [1.54, 1.807) is 23.1 Å². The molecule has 1 aromatic carbocycles. The van der Waals surface area contributed by atoms with Gasteiger partial charge in [0.1, 0.15) is 0 Å². The van der Waals surface area contributed by atoms with E-state index in [1.807, 2.05) is 0 Å². The summed E-state index contributed by atoms with van der Waals surface area (Å²) < 4.78 is 0. The molecule has 0 bridgehead atoms. The minimum absolute atomic E-state index is 0.223. The zero-order valence-corrected chi connectivity index (χ0v) is 13.0. The molecule has 0 unspecified atom stereocenters. The molecule has 1 aliphatic rings. The average molecular weight is 317 g/mol. The summed E-state index contributed by atoms with van der Waals surface area (Å²) in [5, 5.41) is 6.77. The Bertz CT molecular complexity index is 473. The number of piperidine rings is 1. The van der Waals surface area contributed by atoms with Crippen LogP contribution in [0.1, 0.15) is 19.8 Å². The van der Waals surface area contributed by atoms with Crippen LogP contribution in [0, 0.1) is 0 Å². The summed E-state index contributed by atoms with van der Waals surface area (Å²) in [4.78, 5) is 13.6. The summed E-state index contributed by atoms with van der Waals surface area (Å²) in [5.74, 6) is 0. The Morgan fingerprint density at radius 1 is 1.35 bits per heavy atom. The second-order valence-corrected chi connectivity index (χ2v) is 5.94. The van der Waals surface area contributed by atoms with Crippen LogP contribution in [0.4, 0.5) is 10.5 Å². The van der Waals surface area contributed by atoms with Crippen LogP contribution in [0.15, 0.2) is 18.2 Å². The maximum atomic E-state index is 12.0. The third kappa shape index (κ3) is 4.27. The topological polar surface area (TPSA) is 45.6 Å². The number of rotatable bonds is 3. The van der Waals surface area contributed by atoms with E-state index in [1.165, 1.54) is 0 Å². The predicted octanol–water partition coefficient (Wildman–Crippen LogP) is 2.18. The molecule has 110 valence electrons. The van der Waals surface area contributed by atoms with Gasteiger partial charge in [0.15, 0.2) is 0 Å². The maximum absolute atomic E-state index is 12.0. The van der Waals surface area contributed by atoms with Gasteiger partial charge in [0.05, 0.1) is 30.3 Å². The molecule has 20 heavy (non-hydrogen) atoms. The van der Waals surface area contributed by atoms with E-state index in [2.05, 4.69) is 17.6 Å². The highest BCUT2D eigenvalue weighted by Gasteiger charge is 2.22. The second-order valence-electron chi connectivity index (χ2n) is 5.10.